The molecule has 0 radical (unpaired) electrons. The molecule has 148 valence electrons. The second-order valence-electron chi connectivity index (χ2n) is 6.51. The lowest BCUT2D eigenvalue weighted by atomic mass is 9.88. The molecule has 1 aliphatic rings. The molecular weight excluding hydrogens is 376 g/mol. The van der Waals surface area contributed by atoms with Gasteiger partial charge in [-0.1, -0.05) is 24.3 Å². The summed E-state index contributed by atoms with van der Waals surface area (Å²) in [7, 11) is 1.30. The lowest BCUT2D eigenvalue weighted by Crippen LogP contribution is -2.32. The summed E-state index contributed by atoms with van der Waals surface area (Å²) in [4.78, 5) is 37.1. The predicted molar refractivity (Wildman–Crippen MR) is 103 cm³/mol. The van der Waals surface area contributed by atoms with Gasteiger partial charge in [-0.3, -0.25) is 0 Å². The van der Waals surface area contributed by atoms with E-state index in [1.54, 1.807) is 55.5 Å². The van der Waals surface area contributed by atoms with Crippen LogP contribution in [0.5, 0.6) is 5.75 Å². The van der Waals surface area contributed by atoms with Crippen LogP contribution >= 0.6 is 0 Å². The van der Waals surface area contributed by atoms with Crippen molar-refractivity contribution in [3.05, 3.63) is 75.6 Å². The van der Waals surface area contributed by atoms with Gasteiger partial charge in [0.1, 0.15) is 11.3 Å². The van der Waals surface area contributed by atoms with Gasteiger partial charge in [-0.2, -0.15) is 0 Å². The molecular formula is C22H18O7. The molecule has 0 amide bonds. The Bertz CT molecular complexity index is 1140. The van der Waals surface area contributed by atoms with E-state index in [1.807, 2.05) is 0 Å². The Balaban J connectivity index is 1.88. The van der Waals surface area contributed by atoms with Crippen molar-refractivity contribution in [2.45, 2.75) is 18.9 Å². The number of para-hydroxylation sites is 1. The van der Waals surface area contributed by atoms with Gasteiger partial charge in [-0.15, -0.1) is 0 Å². The van der Waals surface area contributed by atoms with Gasteiger partial charge in [-0.05, 0) is 36.8 Å². The molecule has 0 saturated carbocycles. The van der Waals surface area contributed by atoms with E-state index in [-0.39, 0.29) is 12.2 Å². The summed E-state index contributed by atoms with van der Waals surface area (Å²) < 4.78 is 21.3. The average molecular weight is 394 g/mol. The van der Waals surface area contributed by atoms with Crippen molar-refractivity contribution in [2.24, 2.45) is 0 Å². The Labute approximate surface area is 165 Å². The molecule has 0 aliphatic carbocycles. The van der Waals surface area contributed by atoms with Crippen LogP contribution in [0.2, 0.25) is 0 Å². The van der Waals surface area contributed by atoms with Gasteiger partial charge < -0.3 is 18.6 Å². The van der Waals surface area contributed by atoms with Crippen LogP contribution < -0.4 is 10.4 Å². The van der Waals surface area contributed by atoms with Crippen molar-refractivity contribution < 1.29 is 28.2 Å². The quantitative estimate of drug-likeness (QED) is 0.496. The summed E-state index contributed by atoms with van der Waals surface area (Å²) in [5.41, 5.74) is 1.03. The standard InChI is InChI=1S/C22H18O7/c1-3-27-22(25)19-16(12-8-10-13(11-9-12)20(23)26-2)17-18(29-19)14-6-4-5-7-15(14)28-21(17)24/h4-11,16,19H,3H2,1-2H3. The van der Waals surface area contributed by atoms with Crippen LogP contribution in [0, 0.1) is 0 Å². The van der Waals surface area contributed by atoms with Gasteiger partial charge in [0.2, 0.25) is 6.10 Å². The number of esters is 2. The minimum Gasteiger partial charge on any atom is -0.476 e. The highest BCUT2D eigenvalue weighted by Gasteiger charge is 2.45. The van der Waals surface area contributed by atoms with Crippen LogP contribution in [0.3, 0.4) is 0 Å². The average Bonchev–Trinajstić information content (AvgIpc) is 3.15. The molecule has 29 heavy (non-hydrogen) atoms. The summed E-state index contributed by atoms with van der Waals surface area (Å²) in [5.74, 6) is -1.46. The third-order valence-electron chi connectivity index (χ3n) is 4.87. The van der Waals surface area contributed by atoms with Crippen molar-refractivity contribution in [2.75, 3.05) is 13.7 Å². The number of rotatable bonds is 4. The SMILES string of the molecule is CCOC(=O)C1Oc2c(c(=O)oc3ccccc23)C1c1ccc(C(=O)OC)cc1. The normalized spacial score (nSPS) is 17.4. The molecule has 0 saturated heterocycles. The maximum Gasteiger partial charge on any atom is 0.348 e. The number of ether oxygens (including phenoxy) is 3. The van der Waals surface area contributed by atoms with Gasteiger partial charge in [0.25, 0.3) is 0 Å². The van der Waals surface area contributed by atoms with Crippen LogP contribution in [0.25, 0.3) is 11.0 Å². The molecule has 0 fully saturated rings. The van der Waals surface area contributed by atoms with E-state index in [0.29, 0.717) is 27.8 Å². The maximum atomic E-state index is 12.8. The molecule has 4 rings (SSSR count). The van der Waals surface area contributed by atoms with Crippen molar-refractivity contribution in [3.8, 4) is 5.75 Å². The summed E-state index contributed by atoms with van der Waals surface area (Å²) in [6, 6.07) is 13.4. The molecule has 2 aromatic carbocycles. The molecule has 0 N–H and O–H groups in total. The fourth-order valence-corrected chi connectivity index (χ4v) is 3.57. The zero-order chi connectivity index (χ0) is 20.5. The molecule has 1 aliphatic heterocycles. The number of hydrogen-bond acceptors (Lipinski definition) is 7. The summed E-state index contributed by atoms with van der Waals surface area (Å²) >= 11 is 0. The first kappa shape index (κ1) is 18.7. The highest BCUT2D eigenvalue weighted by molar-refractivity contribution is 5.90. The van der Waals surface area contributed by atoms with E-state index >= 15 is 0 Å². The predicted octanol–water partition coefficient (Wildman–Crippen LogP) is 3.04. The van der Waals surface area contributed by atoms with Crippen LogP contribution in [-0.4, -0.2) is 31.8 Å². The van der Waals surface area contributed by atoms with Gasteiger partial charge in [0.05, 0.1) is 36.1 Å². The molecule has 7 nitrogen and oxygen atoms in total. The van der Waals surface area contributed by atoms with Crippen molar-refractivity contribution in [1.29, 1.82) is 0 Å². The van der Waals surface area contributed by atoms with Crippen LogP contribution in [0.4, 0.5) is 0 Å². The fourth-order valence-electron chi connectivity index (χ4n) is 3.57. The Morgan fingerprint density at radius 3 is 2.48 bits per heavy atom. The third-order valence-corrected chi connectivity index (χ3v) is 4.87. The van der Waals surface area contributed by atoms with Gasteiger partial charge in [0, 0.05) is 0 Å². The summed E-state index contributed by atoms with van der Waals surface area (Å²) in [6.45, 7) is 1.88. The first-order chi connectivity index (χ1) is 14.0. The highest BCUT2D eigenvalue weighted by Crippen LogP contribution is 2.44. The van der Waals surface area contributed by atoms with Crippen molar-refractivity contribution in [1.82, 2.24) is 0 Å². The Morgan fingerprint density at radius 1 is 1.07 bits per heavy atom. The van der Waals surface area contributed by atoms with E-state index in [0.717, 1.165) is 0 Å². The molecule has 0 spiro atoms. The molecule has 1 aromatic heterocycles. The smallest absolute Gasteiger partial charge is 0.348 e. The second-order valence-corrected chi connectivity index (χ2v) is 6.51. The van der Waals surface area contributed by atoms with E-state index in [2.05, 4.69) is 0 Å². The van der Waals surface area contributed by atoms with Crippen LogP contribution in [0.15, 0.2) is 57.7 Å². The minimum absolute atomic E-state index is 0.179. The van der Waals surface area contributed by atoms with E-state index in [9.17, 15) is 14.4 Å². The molecule has 3 aromatic rings. The number of hydrogen-bond donors (Lipinski definition) is 0. The van der Waals surface area contributed by atoms with E-state index in [4.69, 9.17) is 18.6 Å². The van der Waals surface area contributed by atoms with Gasteiger partial charge in [0.15, 0.2) is 0 Å². The van der Waals surface area contributed by atoms with Crippen LogP contribution in [0.1, 0.15) is 34.3 Å². The van der Waals surface area contributed by atoms with E-state index < -0.39 is 29.6 Å². The van der Waals surface area contributed by atoms with Crippen LogP contribution in [-0.2, 0) is 14.3 Å². The molecule has 2 atom stereocenters. The zero-order valence-corrected chi connectivity index (χ0v) is 15.8. The Morgan fingerprint density at radius 2 is 1.79 bits per heavy atom. The van der Waals surface area contributed by atoms with Gasteiger partial charge >= 0.3 is 17.6 Å². The first-order valence-electron chi connectivity index (χ1n) is 9.12. The van der Waals surface area contributed by atoms with Crippen molar-refractivity contribution in [3.63, 3.8) is 0 Å². The van der Waals surface area contributed by atoms with E-state index in [1.165, 1.54) is 7.11 Å². The first-order valence-corrected chi connectivity index (χ1v) is 9.12. The highest BCUT2D eigenvalue weighted by atomic mass is 16.6. The number of fused-ring (bicyclic) bond motifs is 3. The number of carbonyl (C=O) groups is 2. The zero-order valence-electron chi connectivity index (χ0n) is 15.8. The summed E-state index contributed by atoms with van der Waals surface area (Å²) in [6.07, 6.45) is -1.04. The lowest BCUT2D eigenvalue weighted by molar-refractivity contribution is -0.151. The Hall–Kier alpha value is -3.61. The number of carbonyl (C=O) groups excluding carboxylic acids is 2. The minimum atomic E-state index is -1.04. The Kier molecular flexibility index (Phi) is 4.80. The van der Waals surface area contributed by atoms with Crippen molar-refractivity contribution >= 4 is 22.9 Å². The molecule has 2 unspecified atom stereocenters. The molecule has 7 heteroatoms. The second kappa shape index (κ2) is 7.43. The third kappa shape index (κ3) is 3.14. The largest absolute Gasteiger partial charge is 0.476 e. The summed E-state index contributed by atoms with van der Waals surface area (Å²) in [5, 5.41) is 0.602. The molecule has 2 heterocycles. The lowest BCUT2D eigenvalue weighted by Gasteiger charge is -2.17. The fraction of sp³-hybridized carbons (Fsp3) is 0.227. The molecule has 0 bridgehead atoms. The maximum absolute atomic E-state index is 12.8. The van der Waals surface area contributed by atoms with Gasteiger partial charge in [-0.25, -0.2) is 14.4 Å². The number of methoxy groups -OCH3 is 1. The monoisotopic (exact) mass is 394 g/mol. The number of benzene rings is 2. The topological polar surface area (TPSA) is 92.0 Å².